The van der Waals surface area contributed by atoms with Crippen molar-refractivity contribution < 1.29 is 28.9 Å². The Morgan fingerprint density at radius 1 is 1.14 bits per heavy atom. The van der Waals surface area contributed by atoms with Crippen molar-refractivity contribution in [1.29, 1.82) is 0 Å². The number of methoxy groups -OCH3 is 1. The van der Waals surface area contributed by atoms with E-state index in [0.717, 1.165) is 16.2 Å². The second kappa shape index (κ2) is 11.7. The quantitative estimate of drug-likeness (QED) is 0.448. The summed E-state index contributed by atoms with van der Waals surface area (Å²) in [6.45, 7) is 0.411. The third kappa shape index (κ3) is 5.93. The average molecular weight is 497 g/mol. The van der Waals surface area contributed by atoms with E-state index in [1.54, 1.807) is 25.3 Å². The number of carbonyl (C=O) groups excluding carboxylic acids is 2. The van der Waals surface area contributed by atoms with Crippen LogP contribution in [0.2, 0.25) is 0 Å². The fraction of sp³-hybridized carbons (Fsp3) is 0.308. The Morgan fingerprint density at radius 3 is 2.60 bits per heavy atom. The van der Waals surface area contributed by atoms with Gasteiger partial charge in [-0.2, -0.15) is 0 Å². The van der Waals surface area contributed by atoms with Crippen molar-refractivity contribution in [2.45, 2.75) is 25.1 Å². The minimum Gasteiger partial charge on any atom is -0.497 e. The molecule has 35 heavy (non-hydrogen) atoms. The second-order valence-electron chi connectivity index (χ2n) is 7.96. The van der Waals surface area contributed by atoms with Gasteiger partial charge in [0.25, 0.3) is 5.91 Å². The molecular formula is C26H28N2O6S. The predicted octanol–water partition coefficient (Wildman–Crippen LogP) is 3.17. The number of hydrogen-bond donors (Lipinski definition) is 2. The number of nitrogens with one attached hydrogen (secondary N) is 1. The summed E-state index contributed by atoms with van der Waals surface area (Å²) in [6, 6.07) is 17.4. The van der Waals surface area contributed by atoms with E-state index in [9.17, 15) is 14.7 Å². The highest BCUT2D eigenvalue weighted by molar-refractivity contribution is 7.10. The number of aliphatic hydroxyl groups excluding tert-OH is 1. The molecule has 2 aromatic carbocycles. The van der Waals surface area contributed by atoms with Gasteiger partial charge in [0, 0.05) is 24.6 Å². The van der Waals surface area contributed by atoms with Crippen molar-refractivity contribution in [3.8, 4) is 17.2 Å². The molecule has 2 heterocycles. The first-order valence-corrected chi connectivity index (χ1v) is 12.2. The molecular weight excluding hydrogens is 468 g/mol. The molecule has 0 fully saturated rings. The van der Waals surface area contributed by atoms with Crippen LogP contribution in [0.15, 0.2) is 66.0 Å². The number of para-hydroxylation sites is 2. The van der Waals surface area contributed by atoms with E-state index < -0.39 is 12.1 Å². The Hall–Kier alpha value is -3.56. The van der Waals surface area contributed by atoms with Gasteiger partial charge in [-0.05, 0) is 47.7 Å². The number of hydrogen-bond acceptors (Lipinski definition) is 7. The highest BCUT2D eigenvalue weighted by Gasteiger charge is 2.38. The van der Waals surface area contributed by atoms with Crippen LogP contribution in [0.4, 0.5) is 0 Å². The smallest absolute Gasteiger partial charge is 0.268 e. The highest BCUT2D eigenvalue weighted by atomic mass is 32.1. The number of carbonyl (C=O) groups is 2. The van der Waals surface area contributed by atoms with Gasteiger partial charge in [0.15, 0.2) is 11.5 Å². The molecule has 4 rings (SSSR count). The molecule has 0 spiro atoms. The van der Waals surface area contributed by atoms with Gasteiger partial charge in [0.2, 0.25) is 12.0 Å². The summed E-state index contributed by atoms with van der Waals surface area (Å²) in [5, 5.41) is 14.3. The lowest BCUT2D eigenvalue weighted by atomic mass is 10.1. The van der Waals surface area contributed by atoms with Crippen molar-refractivity contribution in [2.24, 2.45) is 0 Å². The Kier molecular flexibility index (Phi) is 8.23. The van der Waals surface area contributed by atoms with E-state index in [0.29, 0.717) is 24.5 Å². The molecule has 2 atom stereocenters. The molecule has 0 unspecified atom stereocenters. The Bertz CT molecular complexity index is 1120. The summed E-state index contributed by atoms with van der Waals surface area (Å²) in [5.74, 6) is 1.10. The number of thiophene rings is 1. The number of amides is 2. The molecule has 3 aromatic rings. The molecule has 0 aliphatic carbocycles. The third-order valence-corrected chi connectivity index (χ3v) is 6.55. The van der Waals surface area contributed by atoms with Crippen LogP contribution >= 0.6 is 11.3 Å². The van der Waals surface area contributed by atoms with Crippen LogP contribution in [0.25, 0.3) is 0 Å². The number of aliphatic hydroxyl groups is 1. The van der Waals surface area contributed by atoms with Crippen LogP contribution in [0, 0.1) is 0 Å². The van der Waals surface area contributed by atoms with Crippen LogP contribution in [0.3, 0.4) is 0 Å². The topological polar surface area (TPSA) is 97.3 Å². The fourth-order valence-electron chi connectivity index (χ4n) is 3.83. The minimum atomic E-state index is -0.902. The molecule has 1 aromatic heterocycles. The number of ether oxygens (including phenoxy) is 3. The standard InChI is InChI=1S/C26H28N2O6S/c1-32-19-11-9-18(10-12-19)16-27-25(30)24(23-8-4-15-35-23)28(13-5-14-29)26(31)22-17-33-20-6-2-3-7-21(20)34-22/h2-4,6-12,15,22,24,29H,5,13-14,16-17H2,1H3,(H,27,30)/t22-,24-/m0/s1. The summed E-state index contributed by atoms with van der Waals surface area (Å²) < 4.78 is 16.9. The molecule has 184 valence electrons. The monoisotopic (exact) mass is 496 g/mol. The first kappa shape index (κ1) is 24.6. The second-order valence-corrected chi connectivity index (χ2v) is 8.94. The third-order valence-electron chi connectivity index (χ3n) is 5.62. The molecule has 1 aliphatic heterocycles. The Labute approximate surface area is 208 Å². The van der Waals surface area contributed by atoms with Gasteiger partial charge in [-0.25, -0.2) is 0 Å². The summed E-state index contributed by atoms with van der Waals surface area (Å²) in [6.07, 6.45) is -0.579. The normalized spacial score (nSPS) is 15.2. The average Bonchev–Trinajstić information content (AvgIpc) is 3.43. The number of rotatable bonds is 10. The zero-order valence-electron chi connectivity index (χ0n) is 19.4. The summed E-state index contributed by atoms with van der Waals surface area (Å²) in [4.78, 5) is 29.3. The zero-order valence-corrected chi connectivity index (χ0v) is 20.2. The SMILES string of the molecule is COc1ccc(CNC(=O)[C@H](c2cccs2)N(CCCO)C(=O)[C@@H]2COc3ccccc3O2)cc1. The molecule has 0 saturated carbocycles. The maximum atomic E-state index is 13.6. The Morgan fingerprint density at radius 2 is 1.91 bits per heavy atom. The molecule has 8 nitrogen and oxygen atoms in total. The fourth-order valence-corrected chi connectivity index (χ4v) is 4.67. The van der Waals surface area contributed by atoms with Crippen LogP contribution in [-0.4, -0.2) is 54.8 Å². The van der Waals surface area contributed by atoms with Gasteiger partial charge in [-0.1, -0.05) is 30.3 Å². The van der Waals surface area contributed by atoms with Crippen LogP contribution < -0.4 is 19.5 Å². The lowest BCUT2D eigenvalue weighted by Gasteiger charge is -2.34. The van der Waals surface area contributed by atoms with E-state index in [4.69, 9.17) is 14.2 Å². The van der Waals surface area contributed by atoms with E-state index in [1.165, 1.54) is 16.2 Å². The van der Waals surface area contributed by atoms with E-state index in [-0.39, 0.29) is 31.6 Å². The van der Waals surface area contributed by atoms with E-state index in [1.807, 2.05) is 47.8 Å². The first-order valence-electron chi connectivity index (χ1n) is 11.3. The highest BCUT2D eigenvalue weighted by Crippen LogP contribution is 2.33. The van der Waals surface area contributed by atoms with Gasteiger partial charge in [0.05, 0.1) is 7.11 Å². The van der Waals surface area contributed by atoms with Gasteiger partial charge in [0.1, 0.15) is 18.4 Å². The van der Waals surface area contributed by atoms with Crippen molar-refractivity contribution in [1.82, 2.24) is 10.2 Å². The number of nitrogens with zero attached hydrogens (tertiary/aromatic N) is 1. The van der Waals surface area contributed by atoms with Crippen molar-refractivity contribution in [3.05, 3.63) is 76.5 Å². The minimum absolute atomic E-state index is 0.0378. The molecule has 9 heteroatoms. The predicted molar refractivity (Wildman–Crippen MR) is 132 cm³/mol. The van der Waals surface area contributed by atoms with Crippen molar-refractivity contribution in [2.75, 3.05) is 26.9 Å². The summed E-state index contributed by atoms with van der Waals surface area (Å²) >= 11 is 1.39. The maximum Gasteiger partial charge on any atom is 0.268 e. The van der Waals surface area contributed by atoms with Gasteiger partial charge < -0.3 is 29.5 Å². The van der Waals surface area contributed by atoms with Gasteiger partial charge in [-0.3, -0.25) is 9.59 Å². The van der Waals surface area contributed by atoms with Crippen LogP contribution in [0.1, 0.15) is 22.9 Å². The van der Waals surface area contributed by atoms with Crippen LogP contribution in [0.5, 0.6) is 17.2 Å². The van der Waals surface area contributed by atoms with E-state index in [2.05, 4.69) is 5.32 Å². The van der Waals surface area contributed by atoms with E-state index >= 15 is 0 Å². The number of benzene rings is 2. The molecule has 2 N–H and O–H groups in total. The molecule has 1 aliphatic rings. The van der Waals surface area contributed by atoms with Crippen LogP contribution in [-0.2, 0) is 16.1 Å². The van der Waals surface area contributed by atoms with Gasteiger partial charge in [-0.15, -0.1) is 11.3 Å². The van der Waals surface area contributed by atoms with Crippen molar-refractivity contribution >= 4 is 23.2 Å². The lowest BCUT2D eigenvalue weighted by molar-refractivity contribution is -0.148. The Balaban J connectivity index is 1.55. The molecule has 0 bridgehead atoms. The lowest BCUT2D eigenvalue weighted by Crippen LogP contribution is -2.51. The largest absolute Gasteiger partial charge is 0.497 e. The van der Waals surface area contributed by atoms with Gasteiger partial charge >= 0.3 is 0 Å². The van der Waals surface area contributed by atoms with Crippen molar-refractivity contribution in [3.63, 3.8) is 0 Å². The maximum absolute atomic E-state index is 13.6. The first-order chi connectivity index (χ1) is 17.1. The molecule has 0 radical (unpaired) electrons. The summed E-state index contributed by atoms with van der Waals surface area (Å²) in [7, 11) is 1.60. The molecule has 2 amide bonds. The number of fused-ring (bicyclic) bond motifs is 1. The summed E-state index contributed by atoms with van der Waals surface area (Å²) in [5.41, 5.74) is 0.901. The zero-order chi connectivity index (χ0) is 24.6. The molecule has 0 saturated heterocycles.